The Bertz CT molecular complexity index is 545. The van der Waals surface area contributed by atoms with Crippen LogP contribution in [-0.2, 0) is 13.0 Å². The standard InChI is InChI=1S/C11H12N2O2S2/c1-6-5-16-11(12-6)8(15)3-9-7(2)13-10(4-14)17-9/h5,14H,3-4H2,1-2H3. The van der Waals surface area contributed by atoms with Gasteiger partial charge in [0.05, 0.1) is 12.3 Å². The second-order valence-electron chi connectivity index (χ2n) is 3.67. The van der Waals surface area contributed by atoms with Crippen LogP contribution in [0, 0.1) is 13.8 Å². The van der Waals surface area contributed by atoms with Crippen LogP contribution in [0.3, 0.4) is 0 Å². The van der Waals surface area contributed by atoms with Crippen molar-refractivity contribution in [2.24, 2.45) is 0 Å². The molecule has 6 heteroatoms. The Labute approximate surface area is 107 Å². The maximum absolute atomic E-state index is 11.9. The van der Waals surface area contributed by atoms with E-state index in [9.17, 15) is 4.79 Å². The number of hydrogen-bond donors (Lipinski definition) is 1. The molecule has 0 aliphatic heterocycles. The van der Waals surface area contributed by atoms with Crippen molar-refractivity contribution in [2.75, 3.05) is 0 Å². The normalized spacial score (nSPS) is 10.8. The van der Waals surface area contributed by atoms with Gasteiger partial charge in [0.15, 0.2) is 10.8 Å². The molecule has 2 aromatic rings. The molecular formula is C11H12N2O2S2. The number of aliphatic hydroxyl groups is 1. The van der Waals surface area contributed by atoms with Gasteiger partial charge in [-0.1, -0.05) is 0 Å². The number of nitrogens with zero attached hydrogens (tertiary/aromatic N) is 2. The van der Waals surface area contributed by atoms with Crippen LogP contribution in [0.5, 0.6) is 0 Å². The van der Waals surface area contributed by atoms with E-state index in [4.69, 9.17) is 5.11 Å². The molecule has 0 bridgehead atoms. The highest BCUT2D eigenvalue weighted by Crippen LogP contribution is 2.21. The van der Waals surface area contributed by atoms with Crippen molar-refractivity contribution >= 4 is 28.5 Å². The summed E-state index contributed by atoms with van der Waals surface area (Å²) in [6.45, 7) is 3.65. The van der Waals surface area contributed by atoms with Crippen LogP contribution in [0.15, 0.2) is 5.38 Å². The number of Topliss-reactive ketones (excluding diaryl/α,β-unsaturated/α-hetero) is 1. The monoisotopic (exact) mass is 268 g/mol. The second kappa shape index (κ2) is 5.03. The van der Waals surface area contributed by atoms with Crippen LogP contribution in [0.4, 0.5) is 0 Å². The van der Waals surface area contributed by atoms with Gasteiger partial charge in [0.1, 0.15) is 5.01 Å². The summed E-state index contributed by atoms with van der Waals surface area (Å²) < 4.78 is 0. The largest absolute Gasteiger partial charge is 0.389 e. The lowest BCUT2D eigenvalue weighted by molar-refractivity contribution is 0.0993. The van der Waals surface area contributed by atoms with Gasteiger partial charge in [-0.25, -0.2) is 9.97 Å². The first kappa shape index (κ1) is 12.3. The van der Waals surface area contributed by atoms with Gasteiger partial charge in [0, 0.05) is 22.4 Å². The Balaban J connectivity index is 2.15. The Morgan fingerprint density at radius 3 is 2.71 bits per heavy atom. The zero-order valence-corrected chi connectivity index (χ0v) is 11.2. The molecule has 0 saturated carbocycles. The minimum atomic E-state index is -0.0734. The van der Waals surface area contributed by atoms with Crippen molar-refractivity contribution in [3.05, 3.63) is 31.7 Å². The number of hydrogen-bond acceptors (Lipinski definition) is 6. The predicted molar refractivity (Wildman–Crippen MR) is 67.7 cm³/mol. The van der Waals surface area contributed by atoms with Gasteiger partial charge in [0.25, 0.3) is 0 Å². The molecule has 1 N–H and O–H groups in total. The molecular weight excluding hydrogens is 256 g/mol. The van der Waals surface area contributed by atoms with E-state index in [1.54, 1.807) is 0 Å². The zero-order chi connectivity index (χ0) is 12.4. The summed E-state index contributed by atoms with van der Waals surface area (Å²) in [7, 11) is 0. The van der Waals surface area contributed by atoms with Crippen molar-refractivity contribution in [3.8, 4) is 0 Å². The molecule has 2 rings (SSSR count). The van der Waals surface area contributed by atoms with E-state index >= 15 is 0 Å². The minimum Gasteiger partial charge on any atom is -0.389 e. The summed E-state index contributed by atoms with van der Waals surface area (Å²) in [5, 5.41) is 12.0. The lowest BCUT2D eigenvalue weighted by atomic mass is 10.2. The summed E-state index contributed by atoms with van der Waals surface area (Å²) >= 11 is 2.75. The van der Waals surface area contributed by atoms with Crippen LogP contribution in [0.1, 0.15) is 31.1 Å². The fourth-order valence-corrected chi connectivity index (χ4v) is 3.09. The zero-order valence-electron chi connectivity index (χ0n) is 9.56. The van der Waals surface area contributed by atoms with Crippen LogP contribution in [-0.4, -0.2) is 20.9 Å². The first-order chi connectivity index (χ1) is 8.10. The highest BCUT2D eigenvalue weighted by atomic mass is 32.1. The molecule has 90 valence electrons. The van der Waals surface area contributed by atoms with Gasteiger partial charge in [-0.05, 0) is 13.8 Å². The third-order valence-corrected chi connectivity index (χ3v) is 4.39. The molecule has 0 aliphatic carbocycles. The Morgan fingerprint density at radius 1 is 1.41 bits per heavy atom. The molecule has 0 fully saturated rings. The number of aromatic nitrogens is 2. The van der Waals surface area contributed by atoms with E-state index in [2.05, 4.69) is 9.97 Å². The first-order valence-electron chi connectivity index (χ1n) is 5.11. The van der Waals surface area contributed by atoms with E-state index in [0.29, 0.717) is 16.4 Å². The second-order valence-corrected chi connectivity index (χ2v) is 5.69. The van der Waals surface area contributed by atoms with Crippen molar-refractivity contribution in [1.82, 2.24) is 9.97 Å². The summed E-state index contributed by atoms with van der Waals surface area (Å²) in [6, 6.07) is 0. The van der Waals surface area contributed by atoms with E-state index in [1.807, 2.05) is 19.2 Å². The van der Waals surface area contributed by atoms with Crippen molar-refractivity contribution in [2.45, 2.75) is 26.9 Å². The minimum absolute atomic E-state index is 0.0133. The molecule has 0 spiro atoms. The van der Waals surface area contributed by atoms with Crippen molar-refractivity contribution < 1.29 is 9.90 Å². The first-order valence-corrected chi connectivity index (χ1v) is 6.81. The lowest BCUT2D eigenvalue weighted by Gasteiger charge is -1.95. The number of rotatable bonds is 4. The van der Waals surface area contributed by atoms with E-state index in [-0.39, 0.29) is 12.4 Å². The Hall–Kier alpha value is -1.11. The molecule has 0 unspecified atom stereocenters. The maximum atomic E-state index is 11.9. The number of aryl methyl sites for hydroxylation is 2. The quantitative estimate of drug-likeness (QED) is 0.863. The van der Waals surface area contributed by atoms with Crippen LogP contribution in [0.2, 0.25) is 0 Å². The maximum Gasteiger partial charge on any atom is 0.196 e. The number of carbonyl (C=O) groups excluding carboxylic acids is 1. The Morgan fingerprint density at radius 2 is 2.18 bits per heavy atom. The SMILES string of the molecule is Cc1csc(C(=O)Cc2sc(CO)nc2C)n1. The summed E-state index contributed by atoms with van der Waals surface area (Å²) in [5.41, 5.74) is 1.69. The smallest absolute Gasteiger partial charge is 0.196 e. The van der Waals surface area contributed by atoms with Gasteiger partial charge in [-0.2, -0.15) is 0 Å². The predicted octanol–water partition coefficient (Wildman–Crippen LogP) is 2.13. The molecule has 0 aromatic carbocycles. The third-order valence-electron chi connectivity index (χ3n) is 2.25. The van der Waals surface area contributed by atoms with Gasteiger partial charge >= 0.3 is 0 Å². The summed E-state index contributed by atoms with van der Waals surface area (Å²) in [6.07, 6.45) is 0.316. The fourth-order valence-electron chi connectivity index (χ4n) is 1.42. The van der Waals surface area contributed by atoms with E-state index < -0.39 is 0 Å². The van der Waals surface area contributed by atoms with Crippen molar-refractivity contribution in [1.29, 1.82) is 0 Å². The van der Waals surface area contributed by atoms with Crippen LogP contribution in [0.25, 0.3) is 0 Å². The molecule has 4 nitrogen and oxygen atoms in total. The molecule has 0 saturated heterocycles. The number of aliphatic hydroxyl groups excluding tert-OH is 1. The third kappa shape index (κ3) is 2.77. The highest BCUT2D eigenvalue weighted by molar-refractivity contribution is 7.12. The van der Waals surface area contributed by atoms with Gasteiger partial charge < -0.3 is 5.11 Å². The average Bonchev–Trinajstić information content (AvgIpc) is 2.86. The van der Waals surface area contributed by atoms with E-state index in [0.717, 1.165) is 16.3 Å². The van der Waals surface area contributed by atoms with Crippen LogP contribution < -0.4 is 0 Å². The number of ketones is 1. The average molecular weight is 268 g/mol. The summed E-state index contributed by atoms with van der Waals surface area (Å²) in [4.78, 5) is 21.2. The number of carbonyl (C=O) groups is 1. The summed E-state index contributed by atoms with van der Waals surface area (Å²) in [5.74, 6) is 0.0133. The van der Waals surface area contributed by atoms with Crippen molar-refractivity contribution in [3.63, 3.8) is 0 Å². The van der Waals surface area contributed by atoms with E-state index in [1.165, 1.54) is 22.7 Å². The van der Waals surface area contributed by atoms with Gasteiger partial charge in [-0.15, -0.1) is 22.7 Å². The lowest BCUT2D eigenvalue weighted by Crippen LogP contribution is -2.02. The molecule has 17 heavy (non-hydrogen) atoms. The van der Waals surface area contributed by atoms with Gasteiger partial charge in [0.2, 0.25) is 0 Å². The number of thiazole rings is 2. The molecule has 0 radical (unpaired) electrons. The highest BCUT2D eigenvalue weighted by Gasteiger charge is 2.15. The van der Waals surface area contributed by atoms with Gasteiger partial charge in [-0.3, -0.25) is 4.79 Å². The molecule has 2 heterocycles. The van der Waals surface area contributed by atoms with Crippen LogP contribution >= 0.6 is 22.7 Å². The molecule has 2 aromatic heterocycles. The molecule has 0 atom stereocenters. The molecule has 0 amide bonds. The fraction of sp³-hybridized carbons (Fsp3) is 0.364. The topological polar surface area (TPSA) is 63.1 Å². The molecule has 0 aliphatic rings. The Kier molecular flexibility index (Phi) is 3.66.